The van der Waals surface area contributed by atoms with Crippen LogP contribution in [0.2, 0.25) is 0 Å². The molecule has 3 rings (SSSR count). The molecule has 0 unspecified atom stereocenters. The first-order valence-electron chi connectivity index (χ1n) is 9.83. The van der Waals surface area contributed by atoms with Gasteiger partial charge in [-0.05, 0) is 29.8 Å². The predicted molar refractivity (Wildman–Crippen MR) is 112 cm³/mol. The van der Waals surface area contributed by atoms with E-state index in [0.29, 0.717) is 0 Å². The van der Waals surface area contributed by atoms with Crippen LogP contribution in [0.3, 0.4) is 0 Å². The molecule has 0 bridgehead atoms. The van der Waals surface area contributed by atoms with Gasteiger partial charge in [-0.2, -0.15) is 0 Å². The molecule has 1 aliphatic rings. The van der Waals surface area contributed by atoms with Crippen molar-refractivity contribution in [2.45, 2.75) is 32.7 Å². The van der Waals surface area contributed by atoms with Gasteiger partial charge in [0.2, 0.25) is 0 Å². The van der Waals surface area contributed by atoms with Crippen molar-refractivity contribution in [3.8, 4) is 5.75 Å². The van der Waals surface area contributed by atoms with Gasteiger partial charge in [-0.25, -0.2) is 0 Å². The molecule has 1 heterocycles. The molecule has 0 fully saturated rings. The molecule has 0 saturated carbocycles. The minimum Gasteiger partial charge on any atom is -0.493 e. The number of nitrogens with zero attached hydrogens (tertiary/aromatic N) is 1. The molecule has 0 atom stereocenters. The van der Waals surface area contributed by atoms with Crippen molar-refractivity contribution < 1.29 is 4.74 Å². The molecule has 0 saturated heterocycles. The van der Waals surface area contributed by atoms with E-state index in [1.807, 2.05) is 24.4 Å². The highest BCUT2D eigenvalue weighted by Gasteiger charge is 2.11. The summed E-state index contributed by atoms with van der Waals surface area (Å²) >= 11 is 0. The minimum atomic E-state index is 0.794. The molecule has 0 aromatic heterocycles. The fourth-order valence-corrected chi connectivity index (χ4v) is 2.98. The van der Waals surface area contributed by atoms with Crippen molar-refractivity contribution in [1.82, 2.24) is 10.6 Å². The second-order valence-electron chi connectivity index (χ2n) is 6.67. The van der Waals surface area contributed by atoms with Crippen LogP contribution in [0.5, 0.6) is 5.75 Å². The lowest BCUT2D eigenvalue weighted by Gasteiger charge is -2.07. The van der Waals surface area contributed by atoms with Crippen molar-refractivity contribution >= 4 is 5.84 Å². The average Bonchev–Trinajstić information content (AvgIpc) is 3.18. The summed E-state index contributed by atoms with van der Waals surface area (Å²) in [6, 6.07) is 16.8. The molecule has 0 amide bonds. The third-order valence-electron chi connectivity index (χ3n) is 4.52. The van der Waals surface area contributed by atoms with Crippen LogP contribution < -0.4 is 15.4 Å². The van der Waals surface area contributed by atoms with Gasteiger partial charge in [0, 0.05) is 31.6 Å². The van der Waals surface area contributed by atoms with Crippen LogP contribution in [-0.2, 0) is 13.0 Å². The molecule has 1 aliphatic heterocycles. The number of aliphatic imine (C=N–C) groups is 1. The number of benzene rings is 2. The van der Waals surface area contributed by atoms with Crippen molar-refractivity contribution in [3.63, 3.8) is 0 Å². The van der Waals surface area contributed by atoms with Gasteiger partial charge in [0.05, 0.1) is 6.61 Å². The van der Waals surface area contributed by atoms with Gasteiger partial charge in [-0.3, -0.25) is 4.99 Å². The van der Waals surface area contributed by atoms with Gasteiger partial charge in [0.15, 0.2) is 0 Å². The second-order valence-corrected chi connectivity index (χ2v) is 6.67. The Morgan fingerprint density at radius 1 is 1.19 bits per heavy atom. The molecule has 4 nitrogen and oxygen atoms in total. The van der Waals surface area contributed by atoms with E-state index in [1.165, 1.54) is 11.1 Å². The summed E-state index contributed by atoms with van der Waals surface area (Å²) in [6.45, 7) is 5.47. The molecule has 27 heavy (non-hydrogen) atoms. The van der Waals surface area contributed by atoms with Gasteiger partial charge < -0.3 is 15.4 Å². The Kier molecular flexibility index (Phi) is 7.48. The normalized spacial score (nSPS) is 13.6. The van der Waals surface area contributed by atoms with Crippen molar-refractivity contribution in [3.05, 3.63) is 77.5 Å². The monoisotopic (exact) mass is 363 g/mol. The number of unbranched alkanes of at least 4 members (excludes halogenated alkanes) is 1. The maximum Gasteiger partial charge on any atom is 0.132 e. The van der Waals surface area contributed by atoms with Gasteiger partial charge in [-0.15, -0.1) is 0 Å². The van der Waals surface area contributed by atoms with E-state index < -0.39 is 0 Å². The van der Waals surface area contributed by atoms with E-state index in [2.05, 4.69) is 54.0 Å². The zero-order chi connectivity index (χ0) is 18.7. The Morgan fingerprint density at radius 3 is 2.93 bits per heavy atom. The van der Waals surface area contributed by atoms with E-state index in [1.54, 1.807) is 0 Å². The molecular formula is C23H29N3O. The topological polar surface area (TPSA) is 45.7 Å². The van der Waals surface area contributed by atoms with Crippen LogP contribution in [0.25, 0.3) is 0 Å². The third kappa shape index (κ3) is 5.97. The number of hydrogen-bond acceptors (Lipinski definition) is 3. The molecule has 4 heteroatoms. The van der Waals surface area contributed by atoms with E-state index in [4.69, 9.17) is 9.73 Å². The lowest BCUT2D eigenvalue weighted by atomic mass is 10.1. The first kappa shape index (κ1) is 19.2. The number of nitrogens with one attached hydrogen (secondary N) is 2. The van der Waals surface area contributed by atoms with Crippen LogP contribution in [0, 0.1) is 0 Å². The van der Waals surface area contributed by atoms with E-state index in [0.717, 1.165) is 62.7 Å². The summed E-state index contributed by atoms with van der Waals surface area (Å²) in [4.78, 5) is 4.70. The van der Waals surface area contributed by atoms with Crippen molar-refractivity contribution in [1.29, 1.82) is 0 Å². The van der Waals surface area contributed by atoms with Crippen LogP contribution in [0.4, 0.5) is 0 Å². The zero-order valence-corrected chi connectivity index (χ0v) is 16.1. The summed E-state index contributed by atoms with van der Waals surface area (Å²) < 4.78 is 5.63. The second kappa shape index (κ2) is 10.5. The highest BCUT2D eigenvalue weighted by atomic mass is 16.5. The Balaban J connectivity index is 1.46. The highest BCUT2D eigenvalue weighted by molar-refractivity contribution is 5.99. The first-order valence-corrected chi connectivity index (χ1v) is 9.83. The quantitative estimate of drug-likeness (QED) is 0.401. The SMILES string of the molecule is CCCCN=C(N/C=C/CNCc1ccc2c(c1)OCC2)c1ccccc1. The smallest absolute Gasteiger partial charge is 0.132 e. The number of ether oxygens (including phenoxy) is 1. The van der Waals surface area contributed by atoms with E-state index >= 15 is 0 Å². The number of rotatable bonds is 9. The Hall–Kier alpha value is -2.59. The zero-order valence-electron chi connectivity index (χ0n) is 16.1. The Bertz CT molecular complexity index is 768. The van der Waals surface area contributed by atoms with Crippen molar-refractivity contribution in [2.24, 2.45) is 4.99 Å². The molecule has 0 radical (unpaired) electrons. The molecular weight excluding hydrogens is 334 g/mol. The van der Waals surface area contributed by atoms with Crippen LogP contribution in [0.1, 0.15) is 36.5 Å². The molecule has 2 aromatic carbocycles. The fraction of sp³-hybridized carbons (Fsp3) is 0.348. The first-order chi connectivity index (χ1) is 13.4. The predicted octanol–water partition coefficient (Wildman–Crippen LogP) is 4.06. The lowest BCUT2D eigenvalue weighted by Crippen LogP contribution is -2.20. The third-order valence-corrected chi connectivity index (χ3v) is 4.52. The van der Waals surface area contributed by atoms with E-state index in [-0.39, 0.29) is 0 Å². The Labute approximate surface area is 162 Å². The van der Waals surface area contributed by atoms with Crippen LogP contribution in [0.15, 0.2) is 65.8 Å². The largest absolute Gasteiger partial charge is 0.493 e. The average molecular weight is 364 g/mol. The molecule has 142 valence electrons. The number of fused-ring (bicyclic) bond motifs is 1. The maximum atomic E-state index is 5.63. The van der Waals surface area contributed by atoms with Crippen LogP contribution >= 0.6 is 0 Å². The standard InChI is InChI=1S/C23H29N3O/c1-2-3-14-25-23(21-8-5-4-6-9-21)26-15-7-13-24-18-19-10-11-20-12-16-27-22(20)17-19/h4-11,15,17,24H,2-3,12-14,16,18H2,1H3,(H,25,26)/b15-7+. The number of hydrogen-bond donors (Lipinski definition) is 2. The number of amidine groups is 1. The molecule has 2 aromatic rings. The minimum absolute atomic E-state index is 0.794. The van der Waals surface area contributed by atoms with Gasteiger partial charge in [-0.1, -0.05) is 61.9 Å². The van der Waals surface area contributed by atoms with E-state index in [9.17, 15) is 0 Å². The molecule has 0 spiro atoms. The Morgan fingerprint density at radius 2 is 2.07 bits per heavy atom. The summed E-state index contributed by atoms with van der Waals surface area (Å²) in [5, 5.41) is 6.77. The van der Waals surface area contributed by atoms with Gasteiger partial charge in [0.1, 0.15) is 11.6 Å². The summed E-state index contributed by atoms with van der Waals surface area (Å²) in [6.07, 6.45) is 7.34. The molecule has 0 aliphatic carbocycles. The maximum absolute atomic E-state index is 5.63. The summed E-state index contributed by atoms with van der Waals surface area (Å²) in [5.74, 6) is 1.97. The summed E-state index contributed by atoms with van der Waals surface area (Å²) in [5.41, 5.74) is 3.69. The summed E-state index contributed by atoms with van der Waals surface area (Å²) in [7, 11) is 0. The highest BCUT2D eigenvalue weighted by Crippen LogP contribution is 2.25. The fourth-order valence-electron chi connectivity index (χ4n) is 2.98. The molecule has 2 N–H and O–H groups in total. The lowest BCUT2D eigenvalue weighted by molar-refractivity contribution is 0.356. The van der Waals surface area contributed by atoms with Gasteiger partial charge in [0.25, 0.3) is 0 Å². The van der Waals surface area contributed by atoms with Gasteiger partial charge >= 0.3 is 0 Å². The van der Waals surface area contributed by atoms with Crippen LogP contribution in [-0.4, -0.2) is 25.5 Å². The van der Waals surface area contributed by atoms with Crippen molar-refractivity contribution in [2.75, 3.05) is 19.7 Å².